The lowest BCUT2D eigenvalue weighted by molar-refractivity contribution is -0.151. The lowest BCUT2D eigenvalue weighted by atomic mass is 9.88. The van der Waals surface area contributed by atoms with Gasteiger partial charge in [0.15, 0.2) is 6.10 Å². The van der Waals surface area contributed by atoms with E-state index in [1.54, 1.807) is 24.1 Å². The Labute approximate surface area is 257 Å². The van der Waals surface area contributed by atoms with Crippen LogP contribution < -0.4 is 0 Å². The smallest absolute Gasteiger partial charge is 0.410 e. The Hall–Kier alpha value is -3.01. The van der Waals surface area contributed by atoms with Crippen molar-refractivity contribution in [3.05, 3.63) is 66.0 Å². The Morgan fingerprint density at radius 1 is 1.21 bits per heavy atom. The molecule has 1 aromatic heterocycles. The van der Waals surface area contributed by atoms with Crippen molar-refractivity contribution in [2.45, 2.75) is 103 Å². The highest BCUT2D eigenvalue weighted by molar-refractivity contribution is 5.70. The van der Waals surface area contributed by atoms with E-state index in [1.165, 1.54) is 0 Å². The molecule has 0 aliphatic carbocycles. The van der Waals surface area contributed by atoms with E-state index in [0.717, 1.165) is 24.4 Å². The van der Waals surface area contributed by atoms with E-state index in [4.69, 9.17) is 9.47 Å². The predicted molar refractivity (Wildman–Crippen MR) is 167 cm³/mol. The molecule has 2 aliphatic rings. The first-order valence-electron chi connectivity index (χ1n) is 15.4. The van der Waals surface area contributed by atoms with Crippen LogP contribution in [0.25, 0.3) is 0 Å². The number of aromatic nitrogens is 1. The maximum Gasteiger partial charge on any atom is 0.410 e. The highest BCUT2D eigenvalue weighted by Gasteiger charge is 2.37. The largest absolute Gasteiger partial charge is 0.457 e. The number of aliphatic hydroxyl groups excluding tert-OH is 1. The van der Waals surface area contributed by atoms with Crippen LogP contribution in [0.1, 0.15) is 79.3 Å². The number of hydrogen-bond acceptors (Lipinski definition) is 8. The Balaban J connectivity index is 1.79. The highest BCUT2D eigenvalue weighted by atomic mass is 16.6. The number of ether oxygens (including phenoxy) is 2. The number of esters is 1. The summed E-state index contributed by atoms with van der Waals surface area (Å²) in [6.45, 7) is 16.5. The number of allylic oxidation sites excluding steroid dienone is 3. The van der Waals surface area contributed by atoms with Gasteiger partial charge in [0.2, 0.25) is 0 Å². The number of piperazine rings is 1. The monoisotopic (exact) mass is 597 g/mol. The number of rotatable bonds is 5. The van der Waals surface area contributed by atoms with Crippen LogP contribution in [0.15, 0.2) is 60.3 Å². The minimum absolute atomic E-state index is 0.0204. The summed E-state index contributed by atoms with van der Waals surface area (Å²) in [5.74, 6) is -0.703. The molecule has 0 bridgehead atoms. The van der Waals surface area contributed by atoms with Crippen LogP contribution in [0.4, 0.5) is 4.79 Å². The fourth-order valence-corrected chi connectivity index (χ4v) is 5.41. The quantitative estimate of drug-likeness (QED) is 0.277. The van der Waals surface area contributed by atoms with Crippen molar-refractivity contribution in [2.24, 2.45) is 5.92 Å². The highest BCUT2D eigenvalue weighted by Crippen LogP contribution is 2.28. The Kier molecular flexibility index (Phi) is 12.1. The standard InChI is InChI=1S/C34H51N3O6/c1-24(28-13-8-9-18-35-28)11-10-12-25(2)31-26(3)14-15-29(34(7,41)17-16-27(38)23-30(39)43-31)42-32(40)36-19-21-37(22-20-36)33(4,5)6/h8-15,18,24,26-27,29,31,38,41H,16-17,19-23H2,1-7H3/b11-10+,15-14+,25-12+/t24?,26-,27-,29-,31+,34-/m0/s1. The number of amides is 1. The van der Waals surface area contributed by atoms with Gasteiger partial charge in [0.05, 0.1) is 12.5 Å². The first kappa shape index (κ1) is 34.5. The summed E-state index contributed by atoms with van der Waals surface area (Å²) in [7, 11) is 0. The zero-order chi connectivity index (χ0) is 31.8. The van der Waals surface area contributed by atoms with E-state index >= 15 is 0 Å². The predicted octanol–water partition coefficient (Wildman–Crippen LogP) is 5.01. The third-order valence-corrected chi connectivity index (χ3v) is 8.40. The van der Waals surface area contributed by atoms with E-state index < -0.39 is 36.0 Å². The van der Waals surface area contributed by atoms with E-state index in [2.05, 4.69) is 37.6 Å². The van der Waals surface area contributed by atoms with E-state index in [0.29, 0.717) is 13.1 Å². The molecule has 9 nitrogen and oxygen atoms in total. The normalized spacial score (nSPS) is 30.2. The molecule has 0 saturated carbocycles. The van der Waals surface area contributed by atoms with E-state index in [9.17, 15) is 19.8 Å². The SMILES string of the molecule is C/C(=C\C=C\C(C)c1ccccn1)[C@H]1OC(=O)C[C@@H](O)CC[C@](C)(O)[C@@H](OC(=O)N2CCN(C(C)(C)C)CC2)/C=C/[C@@H]1C. The van der Waals surface area contributed by atoms with Crippen molar-refractivity contribution in [1.82, 2.24) is 14.8 Å². The van der Waals surface area contributed by atoms with Gasteiger partial charge in [0, 0.05) is 55.4 Å². The molecule has 0 aromatic carbocycles. The molecule has 9 heteroatoms. The molecule has 0 spiro atoms. The number of nitrogens with zero attached hydrogens (tertiary/aromatic N) is 3. The van der Waals surface area contributed by atoms with Gasteiger partial charge in [-0.3, -0.25) is 14.7 Å². The van der Waals surface area contributed by atoms with Gasteiger partial charge in [0.25, 0.3) is 0 Å². The van der Waals surface area contributed by atoms with Crippen LogP contribution in [0.2, 0.25) is 0 Å². The first-order chi connectivity index (χ1) is 20.2. The van der Waals surface area contributed by atoms with Gasteiger partial charge in [0.1, 0.15) is 11.7 Å². The Morgan fingerprint density at radius 2 is 1.91 bits per heavy atom. The molecule has 1 amide bonds. The summed E-state index contributed by atoms with van der Waals surface area (Å²) < 4.78 is 11.8. The van der Waals surface area contributed by atoms with Crippen LogP contribution in [-0.4, -0.2) is 92.7 Å². The number of hydrogen-bond donors (Lipinski definition) is 2. The lowest BCUT2D eigenvalue weighted by Crippen LogP contribution is -2.55. The van der Waals surface area contributed by atoms with Gasteiger partial charge in [-0.1, -0.05) is 44.2 Å². The molecular formula is C34H51N3O6. The average Bonchev–Trinajstić information content (AvgIpc) is 2.96. The Bertz CT molecular complexity index is 1150. The molecule has 3 heterocycles. The topological polar surface area (TPSA) is 112 Å². The Morgan fingerprint density at radius 3 is 2.53 bits per heavy atom. The van der Waals surface area contributed by atoms with Gasteiger partial charge in [-0.15, -0.1) is 0 Å². The van der Waals surface area contributed by atoms with E-state index in [1.807, 2.05) is 56.4 Å². The van der Waals surface area contributed by atoms with Gasteiger partial charge in [-0.05, 0) is 71.2 Å². The van der Waals surface area contributed by atoms with Gasteiger partial charge < -0.3 is 24.6 Å². The third kappa shape index (κ3) is 10.3. The van der Waals surface area contributed by atoms with Crippen molar-refractivity contribution in [1.29, 1.82) is 0 Å². The summed E-state index contributed by atoms with van der Waals surface area (Å²) in [5, 5.41) is 22.0. The fraction of sp³-hybridized carbons (Fsp3) is 0.618. The molecule has 2 aliphatic heterocycles. The number of carbonyl (C=O) groups excluding carboxylic acids is 2. The van der Waals surface area contributed by atoms with Gasteiger partial charge in [-0.2, -0.15) is 0 Å². The molecule has 6 atom stereocenters. The van der Waals surface area contributed by atoms with Crippen molar-refractivity contribution in [3.63, 3.8) is 0 Å². The van der Waals surface area contributed by atoms with Crippen molar-refractivity contribution >= 4 is 12.1 Å². The summed E-state index contributed by atoms with van der Waals surface area (Å²) in [5.41, 5.74) is 0.343. The van der Waals surface area contributed by atoms with Crippen molar-refractivity contribution < 1.29 is 29.3 Å². The number of carbonyl (C=O) groups is 2. The van der Waals surface area contributed by atoms with Crippen LogP contribution in [0.3, 0.4) is 0 Å². The van der Waals surface area contributed by atoms with Crippen molar-refractivity contribution in [2.75, 3.05) is 26.2 Å². The molecule has 1 unspecified atom stereocenters. The minimum Gasteiger partial charge on any atom is -0.457 e. The number of pyridine rings is 1. The van der Waals surface area contributed by atoms with Gasteiger partial charge >= 0.3 is 12.1 Å². The second-order valence-electron chi connectivity index (χ2n) is 13.2. The molecule has 1 fully saturated rings. The summed E-state index contributed by atoms with van der Waals surface area (Å²) >= 11 is 0. The minimum atomic E-state index is -1.45. The van der Waals surface area contributed by atoms with Crippen LogP contribution >= 0.6 is 0 Å². The number of aliphatic hydroxyl groups is 2. The first-order valence-corrected chi connectivity index (χ1v) is 15.4. The molecule has 1 aromatic rings. The van der Waals surface area contributed by atoms with Crippen LogP contribution in [0, 0.1) is 5.92 Å². The van der Waals surface area contributed by atoms with Crippen molar-refractivity contribution in [3.8, 4) is 0 Å². The van der Waals surface area contributed by atoms with Gasteiger partial charge in [-0.25, -0.2) is 4.79 Å². The summed E-state index contributed by atoms with van der Waals surface area (Å²) in [6, 6.07) is 5.81. The fourth-order valence-electron chi connectivity index (χ4n) is 5.41. The number of cyclic esters (lactones) is 1. The maximum atomic E-state index is 13.2. The van der Waals surface area contributed by atoms with Crippen LogP contribution in [0.5, 0.6) is 0 Å². The lowest BCUT2D eigenvalue weighted by Gasteiger charge is -2.42. The molecular weight excluding hydrogens is 546 g/mol. The molecule has 0 radical (unpaired) electrons. The molecule has 3 rings (SSSR count). The summed E-state index contributed by atoms with van der Waals surface area (Å²) in [4.78, 5) is 34.4. The molecule has 2 N–H and O–H groups in total. The summed E-state index contributed by atoms with van der Waals surface area (Å²) in [6.07, 6.45) is 8.22. The molecule has 238 valence electrons. The maximum absolute atomic E-state index is 13.2. The zero-order valence-corrected chi connectivity index (χ0v) is 26.9. The second-order valence-corrected chi connectivity index (χ2v) is 13.2. The average molecular weight is 598 g/mol. The zero-order valence-electron chi connectivity index (χ0n) is 26.9. The second kappa shape index (κ2) is 15.1. The van der Waals surface area contributed by atoms with E-state index in [-0.39, 0.29) is 36.6 Å². The molecule has 43 heavy (non-hydrogen) atoms. The molecule has 1 saturated heterocycles. The third-order valence-electron chi connectivity index (χ3n) is 8.40. The van der Waals surface area contributed by atoms with Crippen LogP contribution in [-0.2, 0) is 14.3 Å².